The average molecular weight is 325 g/mol. The third kappa shape index (κ3) is 2.21. The van der Waals surface area contributed by atoms with Crippen LogP contribution in [0.4, 0.5) is 0 Å². The molecule has 0 radical (unpaired) electrons. The van der Waals surface area contributed by atoms with Gasteiger partial charge in [0.1, 0.15) is 13.1 Å². The number of hydrogen-bond acceptors (Lipinski definition) is 0. The number of rotatable bonds is 2. The first-order chi connectivity index (χ1) is 12.2. The molecule has 2 heteroatoms. The third-order valence-electron chi connectivity index (χ3n) is 5.27. The van der Waals surface area contributed by atoms with Gasteiger partial charge in [-0.25, -0.2) is 9.13 Å². The highest BCUT2D eigenvalue weighted by atomic mass is 15.2. The van der Waals surface area contributed by atoms with Crippen molar-refractivity contribution in [3.8, 4) is 11.4 Å². The summed E-state index contributed by atoms with van der Waals surface area (Å²) >= 11 is 0. The smallest absolute Gasteiger partial charge is 0.219 e. The van der Waals surface area contributed by atoms with E-state index in [1.807, 2.05) is 0 Å². The molecular formula is C23H21N2+. The van der Waals surface area contributed by atoms with E-state index in [9.17, 15) is 0 Å². The molecule has 122 valence electrons. The lowest BCUT2D eigenvalue weighted by molar-refractivity contribution is -0.646. The van der Waals surface area contributed by atoms with Crippen LogP contribution in [0.3, 0.4) is 0 Å². The molecule has 0 aliphatic carbocycles. The number of para-hydroxylation sites is 2. The lowest BCUT2D eigenvalue weighted by atomic mass is 10.1. The summed E-state index contributed by atoms with van der Waals surface area (Å²) in [5.41, 5.74) is 9.41. The predicted octanol–water partition coefficient (Wildman–Crippen LogP) is 4.62. The van der Waals surface area contributed by atoms with Gasteiger partial charge in [-0.3, -0.25) is 0 Å². The Morgan fingerprint density at radius 3 is 2.48 bits per heavy atom. The zero-order chi connectivity index (χ0) is 17.0. The molecule has 0 fully saturated rings. The zero-order valence-corrected chi connectivity index (χ0v) is 14.7. The summed E-state index contributed by atoms with van der Waals surface area (Å²) in [7, 11) is 0. The fourth-order valence-corrected chi connectivity index (χ4v) is 4.02. The van der Waals surface area contributed by atoms with Gasteiger partial charge in [0.25, 0.3) is 5.82 Å². The molecule has 0 N–H and O–H groups in total. The topological polar surface area (TPSA) is 8.81 Å². The monoisotopic (exact) mass is 325 g/mol. The summed E-state index contributed by atoms with van der Waals surface area (Å²) in [6.07, 6.45) is 0. The Balaban J connectivity index is 1.74. The molecule has 4 aromatic rings. The van der Waals surface area contributed by atoms with Gasteiger partial charge in [-0.1, -0.05) is 59.7 Å². The van der Waals surface area contributed by atoms with Crippen molar-refractivity contribution in [2.45, 2.75) is 26.9 Å². The Kier molecular flexibility index (Phi) is 3.08. The van der Waals surface area contributed by atoms with E-state index >= 15 is 0 Å². The highest BCUT2D eigenvalue weighted by Crippen LogP contribution is 2.32. The van der Waals surface area contributed by atoms with Crippen molar-refractivity contribution in [2.75, 3.05) is 0 Å². The highest BCUT2D eigenvalue weighted by Gasteiger charge is 2.33. The second-order valence-electron chi connectivity index (χ2n) is 7.13. The van der Waals surface area contributed by atoms with Crippen molar-refractivity contribution in [1.29, 1.82) is 0 Å². The van der Waals surface area contributed by atoms with Crippen molar-refractivity contribution < 1.29 is 4.57 Å². The number of imidazole rings is 1. The molecular weight excluding hydrogens is 304 g/mol. The molecule has 0 saturated heterocycles. The quantitative estimate of drug-likeness (QED) is 0.419. The van der Waals surface area contributed by atoms with Gasteiger partial charge >= 0.3 is 0 Å². The predicted molar refractivity (Wildman–Crippen MR) is 102 cm³/mol. The van der Waals surface area contributed by atoms with Crippen molar-refractivity contribution >= 4 is 11.0 Å². The molecule has 3 aromatic carbocycles. The first-order valence-electron chi connectivity index (χ1n) is 8.87. The summed E-state index contributed by atoms with van der Waals surface area (Å²) in [4.78, 5) is 0. The van der Waals surface area contributed by atoms with Crippen LogP contribution in [0.25, 0.3) is 22.4 Å². The number of nitrogens with zero attached hydrogens (tertiary/aromatic N) is 2. The van der Waals surface area contributed by atoms with Gasteiger partial charge in [0, 0.05) is 5.56 Å². The molecule has 2 nitrogen and oxygen atoms in total. The maximum atomic E-state index is 2.47. The summed E-state index contributed by atoms with van der Waals surface area (Å²) < 4.78 is 4.94. The first-order valence-corrected chi connectivity index (χ1v) is 8.87. The average Bonchev–Trinajstić information content (AvgIpc) is 3.12. The minimum atomic E-state index is 0.899. The Morgan fingerprint density at radius 1 is 0.880 bits per heavy atom. The minimum Gasteiger partial charge on any atom is -0.219 e. The van der Waals surface area contributed by atoms with E-state index in [2.05, 4.69) is 89.7 Å². The van der Waals surface area contributed by atoms with Gasteiger partial charge < -0.3 is 0 Å². The summed E-state index contributed by atoms with van der Waals surface area (Å²) in [6.45, 7) is 6.18. The van der Waals surface area contributed by atoms with Gasteiger partial charge in [-0.05, 0) is 37.6 Å². The first kappa shape index (κ1) is 14.5. The maximum Gasteiger partial charge on any atom is 0.290 e. The van der Waals surface area contributed by atoms with Crippen molar-refractivity contribution in [3.05, 3.63) is 89.0 Å². The second kappa shape index (κ2) is 5.32. The molecule has 1 aliphatic rings. The number of aryl methyl sites for hydroxylation is 2. The van der Waals surface area contributed by atoms with E-state index in [-0.39, 0.29) is 0 Å². The van der Waals surface area contributed by atoms with Crippen molar-refractivity contribution in [1.82, 2.24) is 4.57 Å². The molecule has 25 heavy (non-hydrogen) atoms. The molecule has 0 saturated carbocycles. The zero-order valence-electron chi connectivity index (χ0n) is 14.7. The maximum absolute atomic E-state index is 2.47. The molecule has 2 heterocycles. The molecule has 5 rings (SSSR count). The summed E-state index contributed by atoms with van der Waals surface area (Å²) in [6, 6.07) is 24.5. The molecule has 0 spiro atoms. The van der Waals surface area contributed by atoms with E-state index in [0.29, 0.717) is 0 Å². The van der Waals surface area contributed by atoms with Gasteiger partial charge in [0.15, 0.2) is 11.0 Å². The van der Waals surface area contributed by atoms with E-state index in [1.165, 1.54) is 44.7 Å². The summed E-state index contributed by atoms with van der Waals surface area (Å²) in [5, 5.41) is 0. The van der Waals surface area contributed by atoms with E-state index < -0.39 is 0 Å². The van der Waals surface area contributed by atoms with Crippen LogP contribution in [-0.4, -0.2) is 4.57 Å². The molecule has 0 atom stereocenters. The minimum absolute atomic E-state index is 0.899. The SMILES string of the molecule is Cc1ccc(Cn2c3[n+](c4ccccc42)Cc2cc(C)ccc2-3)cc1. The van der Waals surface area contributed by atoms with E-state index in [1.54, 1.807) is 0 Å². The van der Waals surface area contributed by atoms with Crippen LogP contribution in [0.15, 0.2) is 66.7 Å². The molecule has 0 amide bonds. The van der Waals surface area contributed by atoms with Crippen LogP contribution >= 0.6 is 0 Å². The third-order valence-corrected chi connectivity index (χ3v) is 5.27. The largest absolute Gasteiger partial charge is 0.290 e. The van der Waals surface area contributed by atoms with Crippen LogP contribution in [-0.2, 0) is 13.1 Å². The highest BCUT2D eigenvalue weighted by molar-refractivity contribution is 5.78. The Bertz CT molecular complexity index is 1100. The molecule has 1 aliphatic heterocycles. The molecule has 0 bridgehead atoms. The number of benzene rings is 3. The lowest BCUT2D eigenvalue weighted by Crippen LogP contribution is -2.31. The molecule has 0 unspecified atom stereocenters. The lowest BCUT2D eigenvalue weighted by Gasteiger charge is -2.04. The Hall–Kier alpha value is -2.87. The molecule has 1 aromatic heterocycles. The number of aromatic nitrogens is 2. The van der Waals surface area contributed by atoms with Gasteiger partial charge in [0.2, 0.25) is 0 Å². The van der Waals surface area contributed by atoms with Gasteiger partial charge in [0.05, 0.1) is 5.56 Å². The van der Waals surface area contributed by atoms with Gasteiger partial charge in [-0.15, -0.1) is 0 Å². The normalized spacial score (nSPS) is 12.4. The van der Waals surface area contributed by atoms with Crippen LogP contribution in [0.5, 0.6) is 0 Å². The fourth-order valence-electron chi connectivity index (χ4n) is 4.02. The number of hydrogen-bond donors (Lipinski definition) is 0. The summed E-state index contributed by atoms with van der Waals surface area (Å²) in [5.74, 6) is 1.33. The fraction of sp³-hybridized carbons (Fsp3) is 0.174. The van der Waals surface area contributed by atoms with Crippen LogP contribution in [0, 0.1) is 13.8 Å². The number of fused-ring (bicyclic) bond motifs is 5. The van der Waals surface area contributed by atoms with Crippen LogP contribution < -0.4 is 4.57 Å². The van der Waals surface area contributed by atoms with Crippen molar-refractivity contribution in [3.63, 3.8) is 0 Å². The Morgan fingerprint density at radius 2 is 1.64 bits per heavy atom. The van der Waals surface area contributed by atoms with Crippen LogP contribution in [0.2, 0.25) is 0 Å². The Labute approximate surface area is 148 Å². The van der Waals surface area contributed by atoms with E-state index in [0.717, 1.165) is 13.1 Å². The van der Waals surface area contributed by atoms with E-state index in [4.69, 9.17) is 0 Å². The standard InChI is InChI=1S/C23H21N2/c1-16-7-10-18(11-8-16)14-24-21-5-3-4-6-22(21)25-15-19-13-17(2)9-12-20(19)23(24)25/h3-13H,14-15H2,1-2H3/q+1. The van der Waals surface area contributed by atoms with Crippen LogP contribution in [0.1, 0.15) is 22.3 Å². The second-order valence-corrected chi connectivity index (χ2v) is 7.13. The van der Waals surface area contributed by atoms with Crippen molar-refractivity contribution in [2.24, 2.45) is 0 Å². The van der Waals surface area contributed by atoms with Gasteiger partial charge in [-0.2, -0.15) is 0 Å².